The largest absolute Gasteiger partial charge is 0.345 e. The monoisotopic (exact) mass is 325 g/mol. The zero-order valence-electron chi connectivity index (χ0n) is 11.5. The SMILES string of the molecule is CN1C2CCC1CN(C(=O)c1cc(Br)cn1C)CC2. The van der Waals surface area contributed by atoms with E-state index in [1.807, 2.05) is 28.8 Å². The first-order valence-corrected chi connectivity index (χ1v) is 7.68. The highest BCUT2D eigenvalue weighted by Gasteiger charge is 2.36. The molecule has 1 amide bonds. The van der Waals surface area contributed by atoms with Gasteiger partial charge in [-0.3, -0.25) is 9.69 Å². The molecule has 19 heavy (non-hydrogen) atoms. The number of amides is 1. The fourth-order valence-corrected chi connectivity index (χ4v) is 3.92. The van der Waals surface area contributed by atoms with Crippen LogP contribution in [0.15, 0.2) is 16.7 Å². The third kappa shape index (κ3) is 2.34. The number of halogens is 1. The normalized spacial score (nSPS) is 27.6. The molecular weight excluding hydrogens is 306 g/mol. The van der Waals surface area contributed by atoms with Gasteiger partial charge in [0, 0.05) is 42.9 Å². The maximum Gasteiger partial charge on any atom is 0.270 e. The molecule has 5 heteroatoms. The van der Waals surface area contributed by atoms with Gasteiger partial charge in [-0.25, -0.2) is 0 Å². The van der Waals surface area contributed by atoms with Gasteiger partial charge in [0.2, 0.25) is 0 Å². The molecule has 0 N–H and O–H groups in total. The molecule has 0 aliphatic carbocycles. The summed E-state index contributed by atoms with van der Waals surface area (Å²) in [6.45, 7) is 1.75. The van der Waals surface area contributed by atoms with Gasteiger partial charge in [-0.1, -0.05) is 0 Å². The Kier molecular flexibility index (Phi) is 3.43. The lowest BCUT2D eigenvalue weighted by Crippen LogP contribution is -2.40. The first kappa shape index (κ1) is 13.2. The van der Waals surface area contributed by atoms with Crippen LogP contribution in [0.3, 0.4) is 0 Å². The maximum absolute atomic E-state index is 12.6. The van der Waals surface area contributed by atoms with Crippen molar-refractivity contribution in [2.75, 3.05) is 20.1 Å². The molecule has 3 heterocycles. The predicted octanol–water partition coefficient (Wildman–Crippen LogP) is 2.10. The molecule has 3 rings (SSSR count). The van der Waals surface area contributed by atoms with Crippen LogP contribution in [0.1, 0.15) is 29.8 Å². The number of hydrogen-bond donors (Lipinski definition) is 0. The molecule has 2 atom stereocenters. The molecule has 0 aromatic carbocycles. The van der Waals surface area contributed by atoms with E-state index in [4.69, 9.17) is 0 Å². The van der Waals surface area contributed by atoms with Crippen molar-refractivity contribution in [1.29, 1.82) is 0 Å². The number of hydrogen-bond acceptors (Lipinski definition) is 2. The first-order chi connectivity index (χ1) is 9.06. The standard InChI is InChI=1S/C14H20BrN3O/c1-16-8-10(15)7-13(16)14(19)18-6-5-11-3-4-12(9-18)17(11)2/h7-8,11-12H,3-6,9H2,1-2H3. The number of likely N-dealkylation sites (N-methyl/N-ethyl adjacent to an activating group) is 1. The molecule has 2 bridgehead atoms. The minimum Gasteiger partial charge on any atom is -0.345 e. The van der Waals surface area contributed by atoms with Gasteiger partial charge in [0.05, 0.1) is 0 Å². The molecule has 4 nitrogen and oxygen atoms in total. The van der Waals surface area contributed by atoms with Crippen LogP contribution in [-0.4, -0.2) is 52.5 Å². The van der Waals surface area contributed by atoms with Crippen molar-refractivity contribution in [2.24, 2.45) is 7.05 Å². The predicted molar refractivity (Wildman–Crippen MR) is 78.2 cm³/mol. The average Bonchev–Trinajstić information content (AvgIpc) is 2.79. The van der Waals surface area contributed by atoms with Crippen molar-refractivity contribution in [3.05, 3.63) is 22.4 Å². The van der Waals surface area contributed by atoms with Crippen LogP contribution in [0.2, 0.25) is 0 Å². The molecule has 104 valence electrons. The van der Waals surface area contributed by atoms with E-state index >= 15 is 0 Å². The first-order valence-electron chi connectivity index (χ1n) is 6.89. The molecule has 2 aliphatic heterocycles. The van der Waals surface area contributed by atoms with Gasteiger partial charge >= 0.3 is 0 Å². The van der Waals surface area contributed by atoms with E-state index in [9.17, 15) is 4.79 Å². The summed E-state index contributed by atoms with van der Waals surface area (Å²) in [6.07, 6.45) is 5.55. The smallest absolute Gasteiger partial charge is 0.270 e. The van der Waals surface area contributed by atoms with Crippen molar-refractivity contribution < 1.29 is 4.79 Å². The van der Waals surface area contributed by atoms with E-state index in [-0.39, 0.29) is 5.91 Å². The minimum atomic E-state index is 0.161. The molecular formula is C14H20BrN3O. The minimum absolute atomic E-state index is 0.161. The van der Waals surface area contributed by atoms with Crippen molar-refractivity contribution in [3.63, 3.8) is 0 Å². The summed E-state index contributed by atoms with van der Waals surface area (Å²) < 4.78 is 2.87. The Balaban J connectivity index is 1.79. The number of rotatable bonds is 1. The molecule has 0 spiro atoms. The lowest BCUT2D eigenvalue weighted by Gasteiger charge is -2.25. The number of aryl methyl sites for hydroxylation is 1. The molecule has 0 saturated carbocycles. The average molecular weight is 326 g/mol. The van der Waals surface area contributed by atoms with Gasteiger partial charge in [0.1, 0.15) is 5.69 Å². The van der Waals surface area contributed by atoms with Crippen LogP contribution in [0.4, 0.5) is 0 Å². The number of carbonyl (C=O) groups is 1. The summed E-state index contributed by atoms with van der Waals surface area (Å²) in [5.41, 5.74) is 0.771. The van der Waals surface area contributed by atoms with Crippen LogP contribution in [0.25, 0.3) is 0 Å². The number of fused-ring (bicyclic) bond motifs is 2. The van der Waals surface area contributed by atoms with Crippen molar-refractivity contribution in [2.45, 2.75) is 31.3 Å². The lowest BCUT2D eigenvalue weighted by molar-refractivity contribution is 0.0730. The molecule has 1 aromatic heterocycles. The fourth-order valence-electron chi connectivity index (χ4n) is 3.39. The van der Waals surface area contributed by atoms with E-state index in [1.165, 1.54) is 12.8 Å². The van der Waals surface area contributed by atoms with Gasteiger partial charge in [-0.2, -0.15) is 0 Å². The Morgan fingerprint density at radius 3 is 2.68 bits per heavy atom. The van der Waals surface area contributed by atoms with E-state index in [1.54, 1.807) is 0 Å². The molecule has 0 radical (unpaired) electrons. The summed E-state index contributed by atoms with van der Waals surface area (Å²) in [5, 5.41) is 0. The Bertz CT molecular complexity index is 499. The fraction of sp³-hybridized carbons (Fsp3) is 0.643. The van der Waals surface area contributed by atoms with Crippen LogP contribution >= 0.6 is 15.9 Å². The number of carbonyl (C=O) groups excluding carboxylic acids is 1. The van der Waals surface area contributed by atoms with Gasteiger partial charge in [0.15, 0.2) is 0 Å². The molecule has 1 aromatic rings. The maximum atomic E-state index is 12.6. The van der Waals surface area contributed by atoms with Crippen molar-refractivity contribution in [3.8, 4) is 0 Å². The van der Waals surface area contributed by atoms with Crippen LogP contribution < -0.4 is 0 Å². The van der Waals surface area contributed by atoms with E-state index in [0.717, 1.165) is 29.7 Å². The second-order valence-corrected chi connectivity index (χ2v) is 6.66. The topological polar surface area (TPSA) is 28.5 Å². The Morgan fingerprint density at radius 1 is 1.26 bits per heavy atom. The van der Waals surface area contributed by atoms with E-state index in [2.05, 4.69) is 27.9 Å². The quantitative estimate of drug-likeness (QED) is 0.791. The zero-order valence-corrected chi connectivity index (χ0v) is 13.1. The van der Waals surface area contributed by atoms with Gasteiger partial charge in [-0.05, 0) is 48.3 Å². The van der Waals surface area contributed by atoms with Gasteiger partial charge < -0.3 is 9.47 Å². The van der Waals surface area contributed by atoms with E-state index in [0.29, 0.717) is 12.1 Å². The van der Waals surface area contributed by atoms with E-state index < -0.39 is 0 Å². The number of likely N-dealkylation sites (tertiary alicyclic amines) is 1. The molecule has 2 unspecified atom stereocenters. The summed E-state index contributed by atoms with van der Waals surface area (Å²) in [5.74, 6) is 0.161. The molecule has 2 saturated heterocycles. The number of aromatic nitrogens is 1. The highest BCUT2D eigenvalue weighted by molar-refractivity contribution is 9.10. The highest BCUT2D eigenvalue weighted by Crippen LogP contribution is 2.29. The third-order valence-corrected chi connectivity index (χ3v) is 5.06. The second kappa shape index (κ2) is 4.94. The van der Waals surface area contributed by atoms with Crippen LogP contribution in [-0.2, 0) is 7.05 Å². The van der Waals surface area contributed by atoms with Gasteiger partial charge in [0.25, 0.3) is 5.91 Å². The summed E-state index contributed by atoms with van der Waals surface area (Å²) >= 11 is 3.43. The highest BCUT2D eigenvalue weighted by atomic mass is 79.9. The molecule has 2 fully saturated rings. The summed E-state index contributed by atoms with van der Waals surface area (Å²) in [4.78, 5) is 17.1. The summed E-state index contributed by atoms with van der Waals surface area (Å²) in [6, 6.07) is 3.12. The Hall–Kier alpha value is -0.810. The third-order valence-electron chi connectivity index (χ3n) is 4.63. The Labute approximate surface area is 122 Å². The summed E-state index contributed by atoms with van der Waals surface area (Å²) in [7, 11) is 4.13. The number of nitrogens with zero attached hydrogens (tertiary/aromatic N) is 3. The zero-order chi connectivity index (χ0) is 13.6. The lowest BCUT2D eigenvalue weighted by atomic mass is 10.1. The Morgan fingerprint density at radius 2 is 2.00 bits per heavy atom. The second-order valence-electron chi connectivity index (χ2n) is 5.74. The van der Waals surface area contributed by atoms with Crippen molar-refractivity contribution >= 4 is 21.8 Å². The van der Waals surface area contributed by atoms with Gasteiger partial charge in [-0.15, -0.1) is 0 Å². The van der Waals surface area contributed by atoms with Crippen molar-refractivity contribution in [1.82, 2.24) is 14.4 Å². The molecule has 2 aliphatic rings. The van der Waals surface area contributed by atoms with Crippen LogP contribution in [0, 0.1) is 0 Å². The van der Waals surface area contributed by atoms with Crippen LogP contribution in [0.5, 0.6) is 0 Å².